The molecule has 0 aliphatic carbocycles. The molecule has 3 nitrogen and oxygen atoms in total. The van der Waals surface area contributed by atoms with Crippen molar-refractivity contribution in [1.29, 1.82) is 0 Å². The lowest BCUT2D eigenvalue weighted by atomic mass is 10.0. The first-order chi connectivity index (χ1) is 25.3. The summed E-state index contributed by atoms with van der Waals surface area (Å²) in [6, 6.07) is 65.0. The van der Waals surface area contributed by atoms with E-state index in [1.165, 1.54) is 87.0 Å². The zero-order valence-electron chi connectivity index (χ0n) is 27.6. The van der Waals surface area contributed by atoms with Crippen LogP contribution < -0.4 is 0 Å². The number of rotatable bonds is 1. The maximum atomic E-state index is 2.52. The molecule has 0 unspecified atom stereocenters. The van der Waals surface area contributed by atoms with Gasteiger partial charge in [-0.3, -0.25) is 0 Å². The molecule has 0 atom stereocenters. The van der Waals surface area contributed by atoms with Crippen LogP contribution in [-0.2, 0) is 0 Å². The van der Waals surface area contributed by atoms with E-state index in [-0.39, 0.29) is 0 Å². The second-order valence-electron chi connectivity index (χ2n) is 13.7. The molecule has 0 saturated heterocycles. The Bertz CT molecular complexity index is 3430. The number of fused-ring (bicyclic) bond motifs is 15. The molecular formula is C48H29N3. The van der Waals surface area contributed by atoms with E-state index in [1.807, 2.05) is 0 Å². The number of hydrogen-bond acceptors (Lipinski definition) is 0. The SMILES string of the molecule is c1ccc2c(c1)c1cccc3c4ccccc4n(c4ccccc4n4c5ccc(-n6c7ccccc7c7ccccc76)cc5c5cccc2c54)c13. The lowest BCUT2D eigenvalue weighted by Crippen LogP contribution is -1.94. The topological polar surface area (TPSA) is 13.8 Å². The number of benzene rings is 8. The van der Waals surface area contributed by atoms with Gasteiger partial charge in [0.15, 0.2) is 0 Å². The largest absolute Gasteiger partial charge is 0.309 e. The third-order valence-electron chi connectivity index (χ3n) is 11.2. The highest BCUT2D eigenvalue weighted by Gasteiger charge is 2.19. The van der Waals surface area contributed by atoms with E-state index >= 15 is 0 Å². The van der Waals surface area contributed by atoms with Crippen LogP contribution in [0.1, 0.15) is 0 Å². The number of aromatic nitrogens is 3. The van der Waals surface area contributed by atoms with Gasteiger partial charge in [-0.1, -0.05) is 127 Å². The Labute approximate surface area is 292 Å². The molecule has 0 bridgehead atoms. The molecule has 12 aromatic rings. The summed E-state index contributed by atoms with van der Waals surface area (Å²) in [5, 5.41) is 12.5. The molecule has 0 amide bonds. The van der Waals surface area contributed by atoms with E-state index in [2.05, 4.69) is 189 Å². The maximum absolute atomic E-state index is 2.52. The second kappa shape index (κ2) is 9.87. The molecule has 51 heavy (non-hydrogen) atoms. The Hall–Kier alpha value is -6.84. The van der Waals surface area contributed by atoms with Crippen LogP contribution in [0.15, 0.2) is 176 Å². The molecule has 0 spiro atoms. The Morgan fingerprint density at radius 3 is 1.12 bits per heavy atom. The van der Waals surface area contributed by atoms with Crippen molar-refractivity contribution >= 4 is 98.0 Å². The molecule has 0 radical (unpaired) electrons. The predicted octanol–water partition coefficient (Wildman–Crippen LogP) is 12.8. The molecule has 3 heteroatoms. The smallest absolute Gasteiger partial charge is 0.0703 e. The fourth-order valence-electron chi connectivity index (χ4n) is 9.15. The van der Waals surface area contributed by atoms with Crippen LogP contribution in [0, 0.1) is 0 Å². The van der Waals surface area contributed by atoms with E-state index in [1.54, 1.807) is 0 Å². The zero-order valence-corrected chi connectivity index (χ0v) is 27.6. The zero-order chi connectivity index (χ0) is 33.2. The molecule has 12 rings (SSSR count). The lowest BCUT2D eigenvalue weighted by molar-refractivity contribution is 1.18. The van der Waals surface area contributed by atoms with Crippen LogP contribution in [0.5, 0.6) is 0 Å². The Balaban J connectivity index is 1.37. The molecule has 236 valence electrons. The van der Waals surface area contributed by atoms with Gasteiger partial charge in [-0.2, -0.15) is 0 Å². The van der Waals surface area contributed by atoms with Crippen LogP contribution in [0.4, 0.5) is 0 Å². The predicted molar refractivity (Wildman–Crippen MR) is 217 cm³/mol. The maximum Gasteiger partial charge on any atom is 0.0703 e. The highest BCUT2D eigenvalue weighted by atomic mass is 15.0. The first-order valence-corrected chi connectivity index (χ1v) is 17.6. The van der Waals surface area contributed by atoms with Crippen molar-refractivity contribution in [2.24, 2.45) is 0 Å². The highest BCUT2D eigenvalue weighted by molar-refractivity contribution is 6.26. The van der Waals surface area contributed by atoms with Gasteiger partial charge in [-0.15, -0.1) is 0 Å². The van der Waals surface area contributed by atoms with Gasteiger partial charge >= 0.3 is 0 Å². The van der Waals surface area contributed by atoms with Crippen LogP contribution >= 0.6 is 0 Å². The van der Waals surface area contributed by atoms with Gasteiger partial charge in [0.05, 0.1) is 44.1 Å². The Morgan fingerprint density at radius 2 is 0.588 bits per heavy atom. The van der Waals surface area contributed by atoms with Crippen LogP contribution in [-0.4, -0.2) is 13.4 Å². The van der Waals surface area contributed by atoms with Crippen molar-refractivity contribution in [1.82, 2.24) is 13.4 Å². The van der Waals surface area contributed by atoms with E-state index in [0.717, 1.165) is 16.7 Å². The minimum atomic E-state index is 1.16. The summed E-state index contributed by atoms with van der Waals surface area (Å²) in [5.74, 6) is 0. The van der Waals surface area contributed by atoms with Gasteiger partial charge in [-0.25, -0.2) is 0 Å². The third kappa shape index (κ3) is 3.47. The lowest BCUT2D eigenvalue weighted by Gasteiger charge is -2.10. The Kier molecular flexibility index (Phi) is 5.23. The number of para-hydroxylation sites is 7. The fraction of sp³-hybridized carbons (Fsp3) is 0. The molecule has 0 N–H and O–H groups in total. The van der Waals surface area contributed by atoms with Crippen molar-refractivity contribution in [2.75, 3.05) is 0 Å². The molecule has 4 aromatic heterocycles. The average molecular weight is 648 g/mol. The minimum Gasteiger partial charge on any atom is -0.309 e. The van der Waals surface area contributed by atoms with Crippen molar-refractivity contribution in [3.05, 3.63) is 176 Å². The van der Waals surface area contributed by atoms with Crippen molar-refractivity contribution in [2.45, 2.75) is 0 Å². The highest BCUT2D eigenvalue weighted by Crippen LogP contribution is 2.41. The van der Waals surface area contributed by atoms with Gasteiger partial charge in [0, 0.05) is 48.8 Å². The van der Waals surface area contributed by atoms with Crippen LogP contribution in [0.3, 0.4) is 0 Å². The third-order valence-corrected chi connectivity index (χ3v) is 11.2. The van der Waals surface area contributed by atoms with Gasteiger partial charge < -0.3 is 13.4 Å². The van der Waals surface area contributed by atoms with E-state index in [9.17, 15) is 0 Å². The van der Waals surface area contributed by atoms with Crippen LogP contribution in [0.2, 0.25) is 0 Å². The van der Waals surface area contributed by atoms with Crippen molar-refractivity contribution < 1.29 is 0 Å². The van der Waals surface area contributed by atoms with Gasteiger partial charge in [0.1, 0.15) is 0 Å². The summed E-state index contributed by atoms with van der Waals surface area (Å²) < 4.78 is 7.45. The molecule has 0 aliphatic heterocycles. The fourth-order valence-corrected chi connectivity index (χ4v) is 9.15. The average Bonchev–Trinajstić information content (AvgIpc) is 3.83. The molecule has 0 aliphatic rings. The summed E-state index contributed by atoms with van der Waals surface area (Å²) in [6.07, 6.45) is 0. The van der Waals surface area contributed by atoms with Crippen LogP contribution in [0.25, 0.3) is 104 Å². The van der Waals surface area contributed by atoms with E-state index in [4.69, 9.17) is 0 Å². The summed E-state index contributed by atoms with van der Waals surface area (Å²) in [6.45, 7) is 0. The molecule has 0 fully saturated rings. The quantitative estimate of drug-likeness (QED) is 0.168. The first-order valence-electron chi connectivity index (χ1n) is 17.6. The minimum absolute atomic E-state index is 1.16. The number of nitrogens with zero attached hydrogens (tertiary/aromatic N) is 3. The normalized spacial score (nSPS) is 12.3. The summed E-state index contributed by atoms with van der Waals surface area (Å²) in [5.41, 5.74) is 10.8. The molecular weight excluding hydrogens is 619 g/mol. The van der Waals surface area contributed by atoms with Gasteiger partial charge in [0.25, 0.3) is 0 Å². The molecule has 0 saturated carbocycles. The Morgan fingerprint density at radius 1 is 0.235 bits per heavy atom. The van der Waals surface area contributed by atoms with Crippen molar-refractivity contribution in [3.8, 4) is 5.69 Å². The first kappa shape index (κ1) is 27.0. The molecule has 4 heterocycles. The second-order valence-corrected chi connectivity index (χ2v) is 13.7. The summed E-state index contributed by atoms with van der Waals surface area (Å²) >= 11 is 0. The van der Waals surface area contributed by atoms with Crippen molar-refractivity contribution in [3.63, 3.8) is 0 Å². The number of hydrogen-bond donors (Lipinski definition) is 0. The molecule has 8 aromatic carbocycles. The monoisotopic (exact) mass is 647 g/mol. The van der Waals surface area contributed by atoms with E-state index in [0.29, 0.717) is 0 Å². The van der Waals surface area contributed by atoms with E-state index < -0.39 is 0 Å². The summed E-state index contributed by atoms with van der Waals surface area (Å²) in [7, 11) is 0. The standard InChI is InChI=1S/C48H29N3/c1-2-14-32-31(13-1)36-18-11-20-38-35-17-5-8-24-43(35)50(47(36)38)45-25-9-10-26-46(45)51-44-28-27-30(29-40(44)39-21-12-19-37(32)48(39)51)49-41-22-6-3-15-33(41)34-16-4-7-23-42(34)49/h1-29H. The van der Waals surface area contributed by atoms with Gasteiger partial charge in [-0.05, 0) is 59.3 Å². The summed E-state index contributed by atoms with van der Waals surface area (Å²) in [4.78, 5) is 0. The van der Waals surface area contributed by atoms with Gasteiger partial charge in [0.2, 0.25) is 0 Å².